The fraction of sp³-hybridized carbons (Fsp3) is 0.889. The van der Waals surface area contributed by atoms with E-state index in [0.717, 1.165) is 49.4 Å². The molecule has 2 heteroatoms. The second-order valence-corrected chi connectivity index (χ2v) is 11.9. The molecule has 3 saturated carbocycles. The van der Waals surface area contributed by atoms with Gasteiger partial charge in [0.2, 0.25) is 0 Å². The van der Waals surface area contributed by atoms with Crippen molar-refractivity contribution in [2.75, 3.05) is 0 Å². The lowest BCUT2D eigenvalue weighted by Crippen LogP contribution is -2.52. The number of hydrogen-bond acceptors (Lipinski definition) is 2. The Bertz CT molecular complexity index is 636. The monoisotopic (exact) mass is 400 g/mol. The van der Waals surface area contributed by atoms with Crippen LogP contribution in [-0.4, -0.2) is 17.5 Å². The summed E-state index contributed by atoms with van der Waals surface area (Å²) >= 11 is 0. The van der Waals surface area contributed by atoms with E-state index in [4.69, 9.17) is 0 Å². The van der Waals surface area contributed by atoms with Gasteiger partial charge in [0.15, 0.2) is 0 Å². The van der Waals surface area contributed by atoms with Crippen LogP contribution in [0.1, 0.15) is 98.3 Å². The van der Waals surface area contributed by atoms with Crippen LogP contribution < -0.4 is 0 Å². The minimum Gasteiger partial charge on any atom is -0.393 e. The lowest BCUT2D eigenvalue weighted by Gasteiger charge is -2.57. The maximum atomic E-state index is 12.5. The fourth-order valence-electron chi connectivity index (χ4n) is 8.59. The van der Waals surface area contributed by atoms with E-state index < -0.39 is 0 Å². The van der Waals surface area contributed by atoms with Gasteiger partial charge in [0.25, 0.3) is 0 Å². The Labute approximate surface area is 178 Å². The van der Waals surface area contributed by atoms with E-state index in [1.54, 1.807) is 0 Å². The molecule has 4 aliphatic rings. The molecule has 0 aromatic heterocycles. The van der Waals surface area contributed by atoms with E-state index in [1.165, 1.54) is 56.8 Å². The number of carbonyl (C=O) groups excluding carboxylic acids is 1. The molecule has 3 fully saturated rings. The highest BCUT2D eigenvalue weighted by Crippen LogP contribution is 2.67. The van der Waals surface area contributed by atoms with Gasteiger partial charge in [0.1, 0.15) is 6.29 Å². The van der Waals surface area contributed by atoms with Crippen LogP contribution in [0, 0.1) is 46.3 Å². The van der Waals surface area contributed by atoms with Crippen LogP contribution in [0.4, 0.5) is 0 Å². The second-order valence-electron chi connectivity index (χ2n) is 11.9. The van der Waals surface area contributed by atoms with E-state index in [-0.39, 0.29) is 11.5 Å². The highest BCUT2D eigenvalue weighted by atomic mass is 16.3. The van der Waals surface area contributed by atoms with Gasteiger partial charge in [-0.3, -0.25) is 0 Å². The minimum absolute atomic E-state index is 0.234. The smallest absolute Gasteiger partial charge is 0.130 e. The minimum atomic E-state index is -0.246. The van der Waals surface area contributed by atoms with E-state index in [9.17, 15) is 9.90 Å². The Balaban J connectivity index is 1.52. The number of aliphatic hydroxyl groups excluding tert-OH is 1. The lowest BCUT2D eigenvalue weighted by molar-refractivity contribution is -0.127. The van der Waals surface area contributed by atoms with Crippen molar-refractivity contribution in [1.82, 2.24) is 0 Å². The Hall–Kier alpha value is -0.630. The third-order valence-electron chi connectivity index (χ3n) is 10.1. The van der Waals surface area contributed by atoms with E-state index in [1.807, 2.05) is 0 Å². The molecule has 0 amide bonds. The number of aliphatic hydroxyl groups is 1. The first-order valence-electron chi connectivity index (χ1n) is 12.7. The van der Waals surface area contributed by atoms with Crippen molar-refractivity contribution >= 4 is 6.29 Å². The zero-order valence-corrected chi connectivity index (χ0v) is 19.3. The molecule has 0 heterocycles. The molecule has 0 bridgehead atoms. The molecule has 0 saturated heterocycles. The topological polar surface area (TPSA) is 37.3 Å². The molecule has 0 spiro atoms. The van der Waals surface area contributed by atoms with Crippen molar-refractivity contribution in [1.29, 1.82) is 0 Å². The maximum absolute atomic E-state index is 12.5. The first-order chi connectivity index (χ1) is 13.8. The van der Waals surface area contributed by atoms with Crippen LogP contribution in [0.15, 0.2) is 11.6 Å². The zero-order valence-electron chi connectivity index (χ0n) is 19.3. The normalized spacial score (nSPS) is 45.2. The molecule has 4 aliphatic carbocycles. The van der Waals surface area contributed by atoms with Gasteiger partial charge in [-0.15, -0.1) is 0 Å². The molecule has 0 aliphatic heterocycles. The van der Waals surface area contributed by atoms with E-state index >= 15 is 0 Å². The summed E-state index contributed by atoms with van der Waals surface area (Å²) < 4.78 is 0. The van der Waals surface area contributed by atoms with Crippen molar-refractivity contribution < 1.29 is 9.90 Å². The van der Waals surface area contributed by atoms with Crippen LogP contribution in [0.2, 0.25) is 0 Å². The molecular formula is C27H44O2. The number of rotatable bonds is 6. The van der Waals surface area contributed by atoms with Crippen molar-refractivity contribution in [3.05, 3.63) is 11.6 Å². The van der Waals surface area contributed by atoms with E-state index in [2.05, 4.69) is 33.8 Å². The standard InChI is InChI=1S/C27H44O2/c1-18(2)6-5-7-19(3)23-10-11-24-22-9-8-20-16-21(29)12-15-27(20,17-28)25(22)13-14-26(23,24)4/h8,17-19,21-25,29H,5-7,9-16H2,1-4H3/t19?,21?,22?,23?,24?,25?,26-,27-/m0/s1. The molecule has 164 valence electrons. The molecule has 2 nitrogen and oxygen atoms in total. The second kappa shape index (κ2) is 8.13. The molecule has 6 unspecified atom stereocenters. The Morgan fingerprint density at radius 2 is 1.90 bits per heavy atom. The Kier molecular flexibility index (Phi) is 6.06. The van der Waals surface area contributed by atoms with Crippen molar-refractivity contribution in [3.63, 3.8) is 0 Å². The third-order valence-corrected chi connectivity index (χ3v) is 10.1. The van der Waals surface area contributed by atoms with Gasteiger partial charge in [0.05, 0.1) is 11.5 Å². The quantitative estimate of drug-likeness (QED) is 0.404. The molecule has 29 heavy (non-hydrogen) atoms. The van der Waals surface area contributed by atoms with Crippen LogP contribution in [0.5, 0.6) is 0 Å². The maximum Gasteiger partial charge on any atom is 0.130 e. The molecule has 0 aromatic rings. The Morgan fingerprint density at radius 3 is 2.62 bits per heavy atom. The highest BCUT2D eigenvalue weighted by Gasteiger charge is 2.60. The Morgan fingerprint density at radius 1 is 1.10 bits per heavy atom. The van der Waals surface area contributed by atoms with Gasteiger partial charge in [0, 0.05) is 0 Å². The number of carbonyl (C=O) groups is 1. The van der Waals surface area contributed by atoms with Crippen molar-refractivity contribution in [2.45, 2.75) is 104 Å². The van der Waals surface area contributed by atoms with Crippen LogP contribution in [0.3, 0.4) is 0 Å². The molecule has 0 aromatic carbocycles. The first-order valence-corrected chi connectivity index (χ1v) is 12.7. The zero-order chi connectivity index (χ0) is 20.8. The predicted molar refractivity (Wildman–Crippen MR) is 119 cm³/mol. The van der Waals surface area contributed by atoms with Crippen LogP contribution in [0.25, 0.3) is 0 Å². The van der Waals surface area contributed by atoms with Crippen LogP contribution in [-0.2, 0) is 4.79 Å². The summed E-state index contributed by atoms with van der Waals surface area (Å²) in [5, 5.41) is 10.2. The number of fused-ring (bicyclic) bond motifs is 5. The van der Waals surface area contributed by atoms with Gasteiger partial charge in [-0.05, 0) is 92.3 Å². The average molecular weight is 401 g/mol. The van der Waals surface area contributed by atoms with Crippen molar-refractivity contribution in [3.8, 4) is 0 Å². The van der Waals surface area contributed by atoms with Gasteiger partial charge < -0.3 is 9.90 Å². The summed E-state index contributed by atoms with van der Waals surface area (Å²) in [5.41, 5.74) is 1.51. The summed E-state index contributed by atoms with van der Waals surface area (Å²) in [7, 11) is 0. The largest absolute Gasteiger partial charge is 0.393 e. The summed E-state index contributed by atoms with van der Waals surface area (Å²) in [6.45, 7) is 9.83. The van der Waals surface area contributed by atoms with Gasteiger partial charge in [-0.1, -0.05) is 58.6 Å². The van der Waals surface area contributed by atoms with Gasteiger partial charge in [-0.2, -0.15) is 0 Å². The fourth-order valence-corrected chi connectivity index (χ4v) is 8.59. The third kappa shape index (κ3) is 3.56. The summed E-state index contributed by atoms with van der Waals surface area (Å²) in [5.74, 6) is 4.53. The highest BCUT2D eigenvalue weighted by molar-refractivity contribution is 5.67. The van der Waals surface area contributed by atoms with Gasteiger partial charge >= 0.3 is 0 Å². The predicted octanol–water partition coefficient (Wildman–Crippen LogP) is 6.57. The average Bonchev–Trinajstić information content (AvgIpc) is 3.04. The number of hydrogen-bond donors (Lipinski definition) is 1. The van der Waals surface area contributed by atoms with Crippen molar-refractivity contribution in [2.24, 2.45) is 46.3 Å². The van der Waals surface area contributed by atoms with Crippen LogP contribution >= 0.6 is 0 Å². The number of aldehydes is 1. The lowest BCUT2D eigenvalue weighted by atomic mass is 9.46. The summed E-state index contributed by atoms with van der Waals surface area (Å²) in [6, 6.07) is 0. The number of allylic oxidation sites excluding steroid dienone is 1. The SMILES string of the molecule is CC(C)CCCC(C)C1CCC2C3CC=C4CC(O)CC[C@@]4(C=O)C3CC[C@@]12C. The molecule has 1 N–H and O–H groups in total. The molecule has 8 atom stereocenters. The molecule has 4 rings (SSSR count). The van der Waals surface area contributed by atoms with E-state index in [0.29, 0.717) is 17.3 Å². The summed E-state index contributed by atoms with van der Waals surface area (Å²) in [4.78, 5) is 12.5. The molecule has 0 radical (unpaired) electrons. The molecular weight excluding hydrogens is 356 g/mol. The first kappa shape index (κ1) is 21.6. The summed E-state index contributed by atoms with van der Waals surface area (Å²) in [6.07, 6.45) is 16.5. The van der Waals surface area contributed by atoms with Gasteiger partial charge in [-0.25, -0.2) is 0 Å².